The Balaban J connectivity index is 2.38. The third-order valence-corrected chi connectivity index (χ3v) is 5.00. The second-order valence-electron chi connectivity index (χ2n) is 5.41. The predicted molar refractivity (Wildman–Crippen MR) is 92.5 cm³/mol. The van der Waals surface area contributed by atoms with Crippen LogP contribution in [-0.4, -0.2) is 19.6 Å². The van der Waals surface area contributed by atoms with Crippen LogP contribution < -0.4 is 4.72 Å². The summed E-state index contributed by atoms with van der Waals surface area (Å²) in [6.45, 7) is 5.40. The summed E-state index contributed by atoms with van der Waals surface area (Å²) in [5, 5.41) is 10.7. The van der Waals surface area contributed by atoms with Gasteiger partial charge in [0.1, 0.15) is 6.29 Å². The van der Waals surface area contributed by atoms with Crippen molar-refractivity contribution in [3.8, 4) is 0 Å². The first-order chi connectivity index (χ1) is 11.7. The normalized spacial score (nSPS) is 12.4. The van der Waals surface area contributed by atoms with Gasteiger partial charge >= 0.3 is 0 Å². The molecule has 0 aromatic heterocycles. The highest BCUT2D eigenvalue weighted by molar-refractivity contribution is 7.89. The van der Waals surface area contributed by atoms with Crippen LogP contribution >= 0.6 is 0 Å². The summed E-state index contributed by atoms with van der Waals surface area (Å²) in [5.74, 6) is 0. The topological polar surface area (TPSA) is 106 Å². The number of sulfonamides is 1. The fourth-order valence-corrected chi connectivity index (χ4v) is 3.38. The number of nitro groups is 1. The molecule has 2 aromatic rings. The van der Waals surface area contributed by atoms with Crippen molar-refractivity contribution in [2.24, 2.45) is 0 Å². The molecule has 0 aliphatic heterocycles. The number of nitrogens with zero attached hydrogens (tertiary/aromatic N) is 1. The molecule has 0 bridgehead atoms. The molecule has 2 rings (SSSR count). The largest absolute Gasteiger partial charge is 0.298 e. The molecule has 1 atom stereocenters. The van der Waals surface area contributed by atoms with Gasteiger partial charge in [-0.3, -0.25) is 14.9 Å². The van der Waals surface area contributed by atoms with Crippen LogP contribution in [0.25, 0.3) is 0 Å². The second-order valence-corrected chi connectivity index (χ2v) is 7.12. The van der Waals surface area contributed by atoms with Gasteiger partial charge in [-0.1, -0.05) is 36.4 Å². The minimum Gasteiger partial charge on any atom is -0.298 e. The minimum atomic E-state index is -3.91. The summed E-state index contributed by atoms with van der Waals surface area (Å²) in [6.07, 6.45) is 0.448. The number of hydrogen-bond donors (Lipinski definition) is 1. The van der Waals surface area contributed by atoms with Crippen molar-refractivity contribution in [2.45, 2.75) is 17.9 Å². The van der Waals surface area contributed by atoms with Crippen LogP contribution in [-0.2, 0) is 14.8 Å². The molecular formula is C17H16N2O5S. The first-order valence-electron chi connectivity index (χ1n) is 7.22. The van der Waals surface area contributed by atoms with Crippen molar-refractivity contribution in [3.63, 3.8) is 0 Å². The maximum absolute atomic E-state index is 12.5. The summed E-state index contributed by atoms with van der Waals surface area (Å²) >= 11 is 0. The second kappa shape index (κ2) is 7.37. The number of aryl methyl sites for hydroxylation is 1. The Kier molecular flexibility index (Phi) is 5.45. The summed E-state index contributed by atoms with van der Waals surface area (Å²) < 4.78 is 27.5. The molecule has 0 heterocycles. The standard InChI is InChI=1S/C17H16N2O5S/c1-12-3-9-16(10-4-12)25(23,24)18-17(13(2)11-20)14-5-7-15(8-6-14)19(21)22/h3-11,17-18H,2H2,1H3. The van der Waals surface area contributed by atoms with Gasteiger partial charge in [0, 0.05) is 17.7 Å². The molecule has 1 N–H and O–H groups in total. The third kappa shape index (κ3) is 4.37. The first-order valence-corrected chi connectivity index (χ1v) is 8.70. The lowest BCUT2D eigenvalue weighted by Crippen LogP contribution is -2.30. The summed E-state index contributed by atoms with van der Waals surface area (Å²) in [6, 6.07) is 10.4. The van der Waals surface area contributed by atoms with Gasteiger partial charge in [0.05, 0.1) is 15.9 Å². The summed E-state index contributed by atoms with van der Waals surface area (Å²) in [5.41, 5.74) is 1.13. The molecule has 8 heteroatoms. The van der Waals surface area contributed by atoms with E-state index in [1.807, 2.05) is 6.92 Å². The van der Waals surface area contributed by atoms with Gasteiger partial charge in [0.2, 0.25) is 10.0 Å². The van der Waals surface area contributed by atoms with Crippen LogP contribution in [0.2, 0.25) is 0 Å². The first kappa shape index (κ1) is 18.5. The quantitative estimate of drug-likeness (QED) is 0.354. The van der Waals surface area contributed by atoms with Gasteiger partial charge in [0.25, 0.3) is 5.69 Å². The highest BCUT2D eigenvalue weighted by Gasteiger charge is 2.24. The van der Waals surface area contributed by atoms with Crippen molar-refractivity contribution < 1.29 is 18.1 Å². The lowest BCUT2D eigenvalue weighted by Gasteiger charge is -2.18. The van der Waals surface area contributed by atoms with Gasteiger partial charge in [-0.15, -0.1) is 0 Å². The van der Waals surface area contributed by atoms with E-state index < -0.39 is 21.0 Å². The number of nitro benzene ring substituents is 1. The van der Waals surface area contributed by atoms with Crippen LogP contribution in [0.4, 0.5) is 5.69 Å². The molecule has 25 heavy (non-hydrogen) atoms. The summed E-state index contributed by atoms with van der Waals surface area (Å²) in [4.78, 5) is 21.3. The SMILES string of the molecule is C=C(C=O)C(NS(=O)(=O)c1ccc(C)cc1)c1ccc([N+](=O)[O-])cc1. The molecule has 2 aromatic carbocycles. The number of carbonyl (C=O) groups excluding carboxylic acids is 1. The Labute approximate surface area is 145 Å². The van der Waals surface area contributed by atoms with Crippen LogP contribution in [0.3, 0.4) is 0 Å². The Morgan fingerprint density at radius 1 is 1.16 bits per heavy atom. The monoisotopic (exact) mass is 360 g/mol. The fraction of sp³-hybridized carbons (Fsp3) is 0.118. The molecule has 130 valence electrons. The van der Waals surface area contributed by atoms with E-state index in [-0.39, 0.29) is 16.2 Å². The molecule has 1 unspecified atom stereocenters. The highest BCUT2D eigenvalue weighted by atomic mass is 32.2. The molecule has 0 aliphatic carbocycles. The molecular weight excluding hydrogens is 344 g/mol. The smallest absolute Gasteiger partial charge is 0.269 e. The van der Waals surface area contributed by atoms with Crippen LogP contribution in [0, 0.1) is 17.0 Å². The van der Waals surface area contributed by atoms with E-state index in [0.29, 0.717) is 11.8 Å². The third-order valence-electron chi connectivity index (χ3n) is 3.56. The van der Waals surface area contributed by atoms with E-state index in [1.54, 1.807) is 12.1 Å². The van der Waals surface area contributed by atoms with E-state index in [1.165, 1.54) is 36.4 Å². The average molecular weight is 360 g/mol. The van der Waals surface area contributed by atoms with E-state index in [0.717, 1.165) is 5.56 Å². The Hall–Kier alpha value is -2.84. The number of nitrogens with one attached hydrogen (secondary N) is 1. The van der Waals surface area contributed by atoms with E-state index >= 15 is 0 Å². The highest BCUT2D eigenvalue weighted by Crippen LogP contribution is 2.24. The lowest BCUT2D eigenvalue weighted by molar-refractivity contribution is -0.384. The van der Waals surface area contributed by atoms with Crippen molar-refractivity contribution in [3.05, 3.63) is 81.9 Å². The van der Waals surface area contributed by atoms with Crippen LogP contribution in [0.5, 0.6) is 0 Å². The molecule has 0 saturated carbocycles. The molecule has 0 saturated heterocycles. The molecule has 0 spiro atoms. The zero-order chi connectivity index (χ0) is 18.6. The van der Waals surface area contributed by atoms with Crippen molar-refractivity contribution in [1.29, 1.82) is 0 Å². The van der Waals surface area contributed by atoms with Gasteiger partial charge in [-0.25, -0.2) is 8.42 Å². The van der Waals surface area contributed by atoms with Gasteiger partial charge in [-0.2, -0.15) is 4.72 Å². The number of benzene rings is 2. The molecule has 7 nitrogen and oxygen atoms in total. The van der Waals surface area contributed by atoms with E-state index in [4.69, 9.17) is 0 Å². The van der Waals surface area contributed by atoms with Gasteiger partial charge in [-0.05, 0) is 24.6 Å². The molecule has 0 fully saturated rings. The minimum absolute atomic E-state index is 0.00969. The maximum Gasteiger partial charge on any atom is 0.269 e. The molecule has 0 aliphatic rings. The fourth-order valence-electron chi connectivity index (χ4n) is 2.15. The average Bonchev–Trinajstić information content (AvgIpc) is 2.59. The Morgan fingerprint density at radius 2 is 1.72 bits per heavy atom. The lowest BCUT2D eigenvalue weighted by atomic mass is 10.0. The molecule has 0 radical (unpaired) electrons. The number of hydrogen-bond acceptors (Lipinski definition) is 5. The number of carbonyl (C=O) groups is 1. The molecule has 0 amide bonds. The number of rotatable bonds is 7. The number of non-ortho nitro benzene ring substituents is 1. The van der Waals surface area contributed by atoms with Crippen molar-refractivity contribution in [1.82, 2.24) is 4.72 Å². The van der Waals surface area contributed by atoms with Gasteiger partial charge in [0.15, 0.2) is 0 Å². The summed E-state index contributed by atoms with van der Waals surface area (Å²) in [7, 11) is -3.91. The van der Waals surface area contributed by atoms with Crippen molar-refractivity contribution in [2.75, 3.05) is 0 Å². The van der Waals surface area contributed by atoms with E-state index in [9.17, 15) is 23.3 Å². The predicted octanol–water partition coefficient (Wildman–Crippen LogP) is 2.68. The maximum atomic E-state index is 12.5. The Bertz CT molecular complexity index is 903. The Morgan fingerprint density at radius 3 is 2.20 bits per heavy atom. The zero-order valence-electron chi connectivity index (χ0n) is 13.4. The van der Waals surface area contributed by atoms with Crippen molar-refractivity contribution >= 4 is 22.0 Å². The number of aldehydes is 1. The van der Waals surface area contributed by atoms with Crippen LogP contribution in [0.15, 0.2) is 65.6 Å². The van der Waals surface area contributed by atoms with Crippen LogP contribution in [0.1, 0.15) is 17.2 Å². The van der Waals surface area contributed by atoms with E-state index in [2.05, 4.69) is 11.3 Å². The van der Waals surface area contributed by atoms with Gasteiger partial charge < -0.3 is 0 Å². The zero-order valence-corrected chi connectivity index (χ0v) is 14.2.